The molecule has 1 atom stereocenters. The van der Waals surface area contributed by atoms with Gasteiger partial charge in [0.15, 0.2) is 0 Å². The third kappa shape index (κ3) is 5.24. The van der Waals surface area contributed by atoms with Crippen LogP contribution >= 0.6 is 0 Å². The van der Waals surface area contributed by atoms with Crippen LogP contribution in [0.5, 0.6) is 0 Å². The van der Waals surface area contributed by atoms with Gasteiger partial charge in [-0.3, -0.25) is 9.63 Å². The minimum atomic E-state index is -2.72. The zero-order valence-electron chi connectivity index (χ0n) is 18.4. The van der Waals surface area contributed by atoms with Crippen LogP contribution in [0.4, 0.5) is 0 Å². The van der Waals surface area contributed by atoms with Gasteiger partial charge in [-0.05, 0) is 22.3 Å². The van der Waals surface area contributed by atoms with Gasteiger partial charge in [-0.15, -0.1) is 0 Å². The van der Waals surface area contributed by atoms with E-state index in [2.05, 4.69) is 69.3 Å². The lowest BCUT2D eigenvalue weighted by Crippen LogP contribution is -2.67. The number of benzene rings is 2. The molecule has 29 heavy (non-hydrogen) atoms. The molecule has 0 aliphatic heterocycles. The molecule has 2 aromatic carbocycles. The average Bonchev–Trinajstić information content (AvgIpc) is 2.71. The van der Waals surface area contributed by atoms with Crippen molar-refractivity contribution in [2.75, 3.05) is 14.2 Å². The summed E-state index contributed by atoms with van der Waals surface area (Å²) >= 11 is 0. The largest absolute Gasteiger partial charge is 0.401 e. The van der Waals surface area contributed by atoms with Crippen molar-refractivity contribution in [3.63, 3.8) is 0 Å². The zero-order valence-corrected chi connectivity index (χ0v) is 19.4. The number of hydrogen-bond donors (Lipinski definition) is 0. The maximum Gasteiger partial charge on any atom is 0.261 e. The molecule has 0 heterocycles. The fourth-order valence-electron chi connectivity index (χ4n) is 3.68. The first-order chi connectivity index (χ1) is 13.8. The molecule has 156 valence electrons. The van der Waals surface area contributed by atoms with E-state index in [1.54, 1.807) is 7.05 Å². The van der Waals surface area contributed by atoms with Gasteiger partial charge in [-0.25, -0.2) is 5.06 Å². The highest BCUT2D eigenvalue weighted by molar-refractivity contribution is 6.99. The van der Waals surface area contributed by atoms with Crippen molar-refractivity contribution >= 4 is 24.6 Å². The molecular formula is C24H33NO3Si. The van der Waals surface area contributed by atoms with E-state index in [0.29, 0.717) is 0 Å². The van der Waals surface area contributed by atoms with Gasteiger partial charge in [0, 0.05) is 7.05 Å². The monoisotopic (exact) mass is 411 g/mol. The first kappa shape index (κ1) is 23.1. The molecule has 0 aliphatic carbocycles. The zero-order chi connectivity index (χ0) is 21.5. The summed E-state index contributed by atoms with van der Waals surface area (Å²) in [5.74, 6) is -0.117. The second-order valence-corrected chi connectivity index (χ2v) is 12.4. The number of rotatable bonds is 8. The van der Waals surface area contributed by atoms with Gasteiger partial charge in [0.25, 0.3) is 8.32 Å². The number of hydrogen-bond acceptors (Lipinski definition) is 3. The van der Waals surface area contributed by atoms with E-state index < -0.39 is 8.32 Å². The summed E-state index contributed by atoms with van der Waals surface area (Å²) in [6.45, 7) is 8.64. The molecule has 1 unspecified atom stereocenters. The summed E-state index contributed by atoms with van der Waals surface area (Å²) in [7, 11) is 0.390. The van der Waals surface area contributed by atoms with Crippen molar-refractivity contribution in [2.45, 2.75) is 45.3 Å². The van der Waals surface area contributed by atoms with Crippen LogP contribution in [-0.4, -0.2) is 39.5 Å². The van der Waals surface area contributed by atoms with Gasteiger partial charge in [-0.1, -0.05) is 93.6 Å². The van der Waals surface area contributed by atoms with Crippen LogP contribution in [0.2, 0.25) is 5.04 Å². The highest BCUT2D eigenvalue weighted by Crippen LogP contribution is 2.38. The Morgan fingerprint density at radius 2 is 1.52 bits per heavy atom. The van der Waals surface area contributed by atoms with Crippen molar-refractivity contribution in [3.8, 4) is 0 Å². The van der Waals surface area contributed by atoms with Crippen LogP contribution in [0, 0.1) is 0 Å². The number of carbonyl (C=O) groups excluding carboxylic acids is 1. The summed E-state index contributed by atoms with van der Waals surface area (Å²) in [6.07, 6.45) is 3.79. The molecule has 5 heteroatoms. The van der Waals surface area contributed by atoms with E-state index in [0.717, 1.165) is 0 Å². The Morgan fingerprint density at radius 3 is 1.90 bits per heavy atom. The molecule has 2 aromatic rings. The van der Waals surface area contributed by atoms with Gasteiger partial charge in [-0.2, -0.15) is 0 Å². The Bertz CT molecular complexity index is 760. The van der Waals surface area contributed by atoms with Gasteiger partial charge in [0.2, 0.25) is 5.91 Å². The topological polar surface area (TPSA) is 38.8 Å². The standard InChI is InChI=1S/C24H33NO3Si/c1-7-14-20(19-23(26)25(5)27-6)28-29(24(2,3)4,21-15-10-8-11-16-21)22-17-12-9-13-18-22/h7-18,20H,19H2,1-6H3. The van der Waals surface area contributed by atoms with Crippen LogP contribution in [-0.2, 0) is 14.1 Å². The quantitative estimate of drug-likeness (QED) is 0.375. The Kier molecular flexibility index (Phi) is 7.96. The van der Waals surface area contributed by atoms with Gasteiger partial charge in [0.05, 0.1) is 19.6 Å². The van der Waals surface area contributed by atoms with E-state index in [-0.39, 0.29) is 23.5 Å². The third-order valence-electron chi connectivity index (χ3n) is 5.15. The fourth-order valence-corrected chi connectivity index (χ4v) is 8.32. The van der Waals surface area contributed by atoms with E-state index >= 15 is 0 Å². The van der Waals surface area contributed by atoms with Crippen molar-refractivity contribution in [1.82, 2.24) is 5.06 Å². The minimum Gasteiger partial charge on any atom is -0.401 e. The van der Waals surface area contributed by atoms with Crippen LogP contribution in [0.3, 0.4) is 0 Å². The highest BCUT2D eigenvalue weighted by atomic mass is 28.4. The second-order valence-electron chi connectivity index (χ2n) is 8.12. The van der Waals surface area contributed by atoms with E-state index in [4.69, 9.17) is 9.26 Å². The first-order valence-electron chi connectivity index (χ1n) is 9.98. The lowest BCUT2D eigenvalue weighted by molar-refractivity contribution is -0.169. The van der Waals surface area contributed by atoms with E-state index in [1.807, 2.05) is 31.2 Å². The molecule has 0 radical (unpaired) electrons. The SMILES string of the molecule is CC=CC(CC(=O)N(C)OC)O[Si](c1ccccc1)(c1ccccc1)C(C)(C)C. The lowest BCUT2D eigenvalue weighted by Gasteiger charge is -2.44. The molecule has 0 fully saturated rings. The molecule has 0 saturated heterocycles. The molecule has 0 N–H and O–H groups in total. The number of allylic oxidation sites excluding steroid dienone is 1. The normalized spacial score (nSPS) is 13.4. The Morgan fingerprint density at radius 1 is 1.03 bits per heavy atom. The Hall–Kier alpha value is -2.21. The maximum atomic E-state index is 12.6. The van der Waals surface area contributed by atoms with Crippen molar-refractivity contribution in [2.24, 2.45) is 0 Å². The Balaban J connectivity index is 2.61. The predicted molar refractivity (Wildman–Crippen MR) is 122 cm³/mol. The van der Waals surface area contributed by atoms with Crippen LogP contribution < -0.4 is 10.4 Å². The van der Waals surface area contributed by atoms with Crippen molar-refractivity contribution in [1.29, 1.82) is 0 Å². The molecule has 0 aromatic heterocycles. The molecule has 0 aliphatic rings. The smallest absolute Gasteiger partial charge is 0.261 e. The molecule has 1 amide bonds. The predicted octanol–water partition coefficient (Wildman–Crippen LogP) is 3.92. The molecule has 0 spiro atoms. The molecule has 0 bridgehead atoms. The summed E-state index contributed by atoms with van der Waals surface area (Å²) in [5, 5.41) is 3.50. The van der Waals surface area contributed by atoms with E-state index in [9.17, 15) is 4.79 Å². The maximum absolute atomic E-state index is 12.6. The summed E-state index contributed by atoms with van der Waals surface area (Å²) < 4.78 is 7.03. The lowest BCUT2D eigenvalue weighted by atomic mass is 10.2. The molecule has 2 rings (SSSR count). The second kappa shape index (κ2) is 10.0. The summed E-state index contributed by atoms with van der Waals surface area (Å²) in [6, 6.07) is 20.9. The Labute approximate surface area is 176 Å². The van der Waals surface area contributed by atoms with Gasteiger partial charge >= 0.3 is 0 Å². The van der Waals surface area contributed by atoms with Crippen LogP contribution in [0.1, 0.15) is 34.1 Å². The van der Waals surface area contributed by atoms with Gasteiger partial charge in [0.1, 0.15) is 0 Å². The number of amides is 1. The van der Waals surface area contributed by atoms with Crippen LogP contribution in [0.15, 0.2) is 72.8 Å². The summed E-state index contributed by atoms with van der Waals surface area (Å²) in [4.78, 5) is 17.6. The number of nitrogens with zero attached hydrogens (tertiary/aromatic N) is 1. The molecular weight excluding hydrogens is 378 g/mol. The minimum absolute atomic E-state index is 0.117. The third-order valence-corrected chi connectivity index (χ3v) is 10.2. The fraction of sp³-hybridized carbons (Fsp3) is 0.375. The van der Waals surface area contributed by atoms with Crippen molar-refractivity contribution < 1.29 is 14.1 Å². The molecule has 0 saturated carbocycles. The number of carbonyl (C=O) groups is 1. The van der Waals surface area contributed by atoms with Crippen LogP contribution in [0.25, 0.3) is 0 Å². The highest BCUT2D eigenvalue weighted by Gasteiger charge is 2.51. The summed E-state index contributed by atoms with van der Waals surface area (Å²) in [5.41, 5.74) is 0. The average molecular weight is 412 g/mol. The van der Waals surface area contributed by atoms with Crippen molar-refractivity contribution in [3.05, 3.63) is 72.8 Å². The number of hydroxylamine groups is 2. The first-order valence-corrected chi connectivity index (χ1v) is 11.9. The van der Waals surface area contributed by atoms with Gasteiger partial charge < -0.3 is 4.43 Å². The van der Waals surface area contributed by atoms with E-state index in [1.165, 1.54) is 22.5 Å². The molecule has 4 nitrogen and oxygen atoms in total.